The van der Waals surface area contributed by atoms with Crippen molar-refractivity contribution >= 4 is 35.5 Å². The van der Waals surface area contributed by atoms with Gasteiger partial charge in [0.25, 0.3) is 5.91 Å². The van der Waals surface area contributed by atoms with Gasteiger partial charge in [0.05, 0.1) is 13.2 Å². The number of hydrogen-bond acceptors (Lipinski definition) is 10. The Balaban J connectivity index is 1.83. The van der Waals surface area contributed by atoms with Crippen LogP contribution in [0.4, 0.5) is 9.18 Å². The van der Waals surface area contributed by atoms with Crippen molar-refractivity contribution in [3.63, 3.8) is 0 Å². The summed E-state index contributed by atoms with van der Waals surface area (Å²) in [5.41, 5.74) is 0.762. The Kier molecular flexibility index (Phi) is 16.6. The van der Waals surface area contributed by atoms with Crippen LogP contribution < -0.4 is 0 Å². The average Bonchev–Trinajstić information content (AvgIpc) is 3.13. The molecule has 4 atom stereocenters. The molecule has 1 aliphatic rings. The van der Waals surface area contributed by atoms with Crippen LogP contribution in [-0.4, -0.2) is 103 Å². The molecule has 2 amide bonds. The van der Waals surface area contributed by atoms with Gasteiger partial charge < -0.3 is 28.6 Å². The predicted octanol–water partition coefficient (Wildman–Crippen LogP) is 6.87. The number of likely N-dealkylation sites (N-methyl/N-ethyl adjacent to an activating group) is 2. The quantitative estimate of drug-likeness (QED) is 0.124. The minimum absolute atomic E-state index is 0.0355. The molecule has 0 aromatic heterocycles. The molecule has 13 heteroatoms. The summed E-state index contributed by atoms with van der Waals surface area (Å²) in [4.78, 5) is 69.7. The molecule has 0 aliphatic carbocycles. The molecule has 0 radical (unpaired) electrons. The minimum atomic E-state index is -1.96. The number of amides is 2. The smallest absolute Gasteiger partial charge is 0.410 e. The third-order valence-corrected chi connectivity index (χ3v) is 8.98. The second-order valence-corrected chi connectivity index (χ2v) is 16.2. The number of benzene rings is 2. The van der Waals surface area contributed by atoms with Gasteiger partial charge in [-0.3, -0.25) is 9.69 Å². The standard InChI is InChI=1S/C43H59FN2O10/c1-28(2)24-34(46(10)41(51)56-42(4,5)6)38(48)54-29(3)37(47)45(9)35(26-43(7,8)44)39(49)55-36(40(50)53-27-31-14-12-11-13-15-31)25-30-16-18-32(19-17-30)33-20-22-52-23-21-33/h11-20,28-29,34-36H,21-27H2,1-10H3. The van der Waals surface area contributed by atoms with E-state index in [-0.39, 0.29) is 25.4 Å². The molecular formula is C43H59FN2O10. The van der Waals surface area contributed by atoms with Gasteiger partial charge in [-0.25, -0.2) is 23.6 Å². The molecular weight excluding hydrogens is 723 g/mol. The lowest BCUT2D eigenvalue weighted by Crippen LogP contribution is -2.52. The van der Waals surface area contributed by atoms with Gasteiger partial charge in [0.2, 0.25) is 6.10 Å². The number of alkyl halides is 1. The topological polar surface area (TPSA) is 138 Å². The number of ether oxygens (including phenoxy) is 5. The van der Waals surface area contributed by atoms with Crippen LogP contribution >= 0.6 is 0 Å². The van der Waals surface area contributed by atoms with Crippen LogP contribution in [0.15, 0.2) is 60.7 Å². The highest BCUT2D eigenvalue weighted by molar-refractivity contribution is 5.90. The predicted molar refractivity (Wildman–Crippen MR) is 209 cm³/mol. The molecule has 0 bridgehead atoms. The molecule has 1 heterocycles. The van der Waals surface area contributed by atoms with Crippen LogP contribution in [0.3, 0.4) is 0 Å². The molecule has 0 saturated heterocycles. The first-order chi connectivity index (χ1) is 26.1. The number of esters is 3. The Morgan fingerprint density at radius 3 is 1.98 bits per heavy atom. The summed E-state index contributed by atoms with van der Waals surface area (Å²) >= 11 is 0. The molecule has 1 aliphatic heterocycles. The van der Waals surface area contributed by atoms with Gasteiger partial charge in [-0.05, 0) is 82.6 Å². The van der Waals surface area contributed by atoms with Gasteiger partial charge >= 0.3 is 24.0 Å². The van der Waals surface area contributed by atoms with Crippen molar-refractivity contribution < 1.29 is 52.0 Å². The lowest BCUT2D eigenvalue weighted by atomic mass is 9.98. The number of hydrogen-bond donors (Lipinski definition) is 0. The van der Waals surface area contributed by atoms with Crippen LogP contribution in [0.5, 0.6) is 0 Å². The van der Waals surface area contributed by atoms with Gasteiger partial charge in [-0.1, -0.05) is 74.5 Å². The molecule has 0 spiro atoms. The van der Waals surface area contributed by atoms with Gasteiger partial charge in [0.1, 0.15) is 30.0 Å². The zero-order valence-electron chi connectivity index (χ0n) is 34.5. The Labute approximate surface area is 330 Å². The second kappa shape index (κ2) is 20.4. The van der Waals surface area contributed by atoms with Crippen LogP contribution in [0.25, 0.3) is 5.57 Å². The monoisotopic (exact) mass is 782 g/mol. The summed E-state index contributed by atoms with van der Waals surface area (Å²) in [6.07, 6.45) is -1.17. The SMILES string of the molecule is CC(C)CC(C(=O)OC(C)C(=O)N(C)C(CC(C)(C)F)C(=O)OC(Cc1ccc(C2=CCOCC2)cc1)C(=O)OCc1ccccc1)N(C)C(=O)OC(C)(C)C. The molecule has 0 N–H and O–H groups in total. The number of halogens is 1. The molecule has 3 rings (SSSR count). The van der Waals surface area contributed by atoms with Crippen molar-refractivity contribution in [1.82, 2.24) is 9.80 Å². The van der Waals surface area contributed by atoms with E-state index in [2.05, 4.69) is 0 Å². The highest BCUT2D eigenvalue weighted by atomic mass is 19.1. The molecule has 2 aromatic carbocycles. The van der Waals surface area contributed by atoms with Crippen molar-refractivity contribution in [2.75, 3.05) is 27.3 Å². The van der Waals surface area contributed by atoms with Gasteiger partial charge in [-0.15, -0.1) is 0 Å². The zero-order chi connectivity index (χ0) is 41.8. The van der Waals surface area contributed by atoms with E-state index >= 15 is 4.39 Å². The van der Waals surface area contributed by atoms with Crippen LogP contribution in [0, 0.1) is 5.92 Å². The fourth-order valence-electron chi connectivity index (χ4n) is 5.97. The Hall–Kier alpha value is -4.78. The Bertz CT molecular complexity index is 1660. The molecule has 2 aromatic rings. The molecule has 0 saturated carbocycles. The maximum Gasteiger partial charge on any atom is 0.410 e. The lowest BCUT2D eigenvalue weighted by molar-refractivity contribution is -0.175. The fraction of sp³-hybridized carbons (Fsp3) is 0.558. The van der Waals surface area contributed by atoms with E-state index in [9.17, 15) is 24.0 Å². The van der Waals surface area contributed by atoms with E-state index in [0.717, 1.165) is 32.9 Å². The van der Waals surface area contributed by atoms with Crippen molar-refractivity contribution in [3.8, 4) is 0 Å². The summed E-state index contributed by atoms with van der Waals surface area (Å²) in [5.74, 6) is -3.58. The summed E-state index contributed by atoms with van der Waals surface area (Å²) in [5, 5.41) is 0. The molecule has 56 heavy (non-hydrogen) atoms. The van der Waals surface area contributed by atoms with E-state index in [1.54, 1.807) is 45.0 Å². The van der Waals surface area contributed by atoms with Crippen molar-refractivity contribution in [1.29, 1.82) is 0 Å². The van der Waals surface area contributed by atoms with E-state index in [1.165, 1.54) is 34.9 Å². The van der Waals surface area contributed by atoms with Crippen LogP contribution in [0.1, 0.15) is 91.3 Å². The second-order valence-electron chi connectivity index (χ2n) is 16.2. The summed E-state index contributed by atoms with van der Waals surface area (Å²) in [6, 6.07) is 13.9. The summed E-state index contributed by atoms with van der Waals surface area (Å²) in [7, 11) is 2.69. The van der Waals surface area contributed by atoms with Gasteiger partial charge in [-0.2, -0.15) is 0 Å². The number of carbonyl (C=O) groups excluding carboxylic acids is 5. The molecule has 0 fully saturated rings. The fourth-order valence-corrected chi connectivity index (χ4v) is 5.97. The maximum absolute atomic E-state index is 15.3. The van der Waals surface area contributed by atoms with Gasteiger partial charge in [0.15, 0.2) is 6.10 Å². The van der Waals surface area contributed by atoms with Crippen molar-refractivity contribution in [3.05, 3.63) is 77.4 Å². The van der Waals surface area contributed by atoms with E-state index in [1.807, 2.05) is 50.3 Å². The number of nitrogens with zero attached hydrogens (tertiary/aromatic N) is 2. The summed E-state index contributed by atoms with van der Waals surface area (Å²) < 4.78 is 43.1. The van der Waals surface area contributed by atoms with Crippen LogP contribution in [-0.2, 0) is 55.9 Å². The van der Waals surface area contributed by atoms with Gasteiger partial charge in [0, 0.05) is 26.9 Å². The third kappa shape index (κ3) is 14.7. The third-order valence-electron chi connectivity index (χ3n) is 8.98. The van der Waals surface area contributed by atoms with Crippen LogP contribution in [0.2, 0.25) is 0 Å². The zero-order valence-corrected chi connectivity index (χ0v) is 34.5. The first-order valence-corrected chi connectivity index (χ1v) is 19.0. The number of carbonyl (C=O) groups is 5. The van der Waals surface area contributed by atoms with Crippen molar-refractivity contribution in [2.24, 2.45) is 5.92 Å². The first kappa shape index (κ1) is 45.6. The molecule has 308 valence electrons. The Morgan fingerprint density at radius 1 is 0.804 bits per heavy atom. The normalized spacial score (nSPS) is 15.4. The molecule has 12 nitrogen and oxygen atoms in total. The highest BCUT2D eigenvalue weighted by Gasteiger charge is 2.40. The van der Waals surface area contributed by atoms with E-state index < -0.39 is 71.9 Å². The van der Waals surface area contributed by atoms with Crippen molar-refractivity contribution in [2.45, 2.75) is 123 Å². The summed E-state index contributed by atoms with van der Waals surface area (Å²) in [6.45, 7) is 13.7. The molecule has 4 unspecified atom stereocenters. The Morgan fingerprint density at radius 2 is 1.43 bits per heavy atom. The first-order valence-electron chi connectivity index (χ1n) is 19.0. The van der Waals surface area contributed by atoms with E-state index in [0.29, 0.717) is 18.8 Å². The number of rotatable bonds is 17. The lowest BCUT2D eigenvalue weighted by Gasteiger charge is -2.33. The largest absolute Gasteiger partial charge is 0.458 e. The minimum Gasteiger partial charge on any atom is -0.458 e. The average molecular weight is 783 g/mol. The highest BCUT2D eigenvalue weighted by Crippen LogP contribution is 2.25. The maximum atomic E-state index is 15.3. The van der Waals surface area contributed by atoms with E-state index in [4.69, 9.17) is 23.7 Å².